The predicted octanol–water partition coefficient (Wildman–Crippen LogP) is 1.51. The first-order valence-electron chi connectivity index (χ1n) is 6.24. The summed E-state index contributed by atoms with van der Waals surface area (Å²) in [5.41, 5.74) is 1.39. The fourth-order valence-electron chi connectivity index (χ4n) is 2.66. The van der Waals surface area contributed by atoms with Gasteiger partial charge in [-0.05, 0) is 31.6 Å². The summed E-state index contributed by atoms with van der Waals surface area (Å²) >= 11 is 0. The number of esters is 1. The smallest absolute Gasteiger partial charge is 0.315 e. The zero-order valence-electron chi connectivity index (χ0n) is 10.3. The van der Waals surface area contributed by atoms with Crippen molar-refractivity contribution < 1.29 is 14.3 Å². The van der Waals surface area contributed by atoms with E-state index in [-0.39, 0.29) is 12.3 Å². The van der Waals surface area contributed by atoms with E-state index in [1.165, 1.54) is 25.5 Å². The van der Waals surface area contributed by atoms with E-state index < -0.39 is 5.97 Å². The molecule has 0 spiro atoms. The number of rotatable bonds is 2. The number of piperidine rings is 1. The van der Waals surface area contributed by atoms with Gasteiger partial charge in [-0.2, -0.15) is 0 Å². The maximum atomic E-state index is 11.8. The zero-order chi connectivity index (χ0) is 12.3. The summed E-state index contributed by atoms with van der Waals surface area (Å²) in [5, 5.41) is 0. The van der Waals surface area contributed by atoms with Crippen LogP contribution in [0.1, 0.15) is 32.1 Å². The van der Waals surface area contributed by atoms with Gasteiger partial charge in [0.05, 0.1) is 7.11 Å². The molecule has 0 aromatic rings. The number of methoxy groups -OCH3 is 1. The van der Waals surface area contributed by atoms with E-state index in [0.29, 0.717) is 12.5 Å². The number of hydrogen-bond acceptors (Lipinski definition) is 3. The van der Waals surface area contributed by atoms with E-state index >= 15 is 0 Å². The van der Waals surface area contributed by atoms with Crippen molar-refractivity contribution in [2.45, 2.75) is 32.1 Å². The number of carbonyl (C=O) groups is 2. The van der Waals surface area contributed by atoms with Gasteiger partial charge in [0.1, 0.15) is 6.42 Å². The molecule has 1 aliphatic heterocycles. The van der Waals surface area contributed by atoms with Gasteiger partial charge in [-0.15, -0.1) is 0 Å². The molecule has 17 heavy (non-hydrogen) atoms. The molecular weight excluding hydrogens is 218 g/mol. The van der Waals surface area contributed by atoms with E-state index in [1.807, 2.05) is 0 Å². The van der Waals surface area contributed by atoms with Crippen LogP contribution in [0, 0.1) is 5.92 Å². The molecular formula is C13H19NO3. The molecule has 2 rings (SSSR count). The molecule has 1 unspecified atom stereocenters. The molecule has 1 heterocycles. The Bertz CT molecular complexity index is 349. The maximum absolute atomic E-state index is 11.8. The molecule has 0 aromatic heterocycles. The van der Waals surface area contributed by atoms with Gasteiger partial charge in [0.2, 0.25) is 5.91 Å². The highest BCUT2D eigenvalue weighted by Gasteiger charge is 2.28. The first kappa shape index (κ1) is 12.1. The van der Waals surface area contributed by atoms with Crippen LogP contribution in [0.4, 0.5) is 0 Å². The number of allylic oxidation sites excluding steroid dienone is 1. The van der Waals surface area contributed by atoms with Crippen LogP contribution in [0.2, 0.25) is 0 Å². The van der Waals surface area contributed by atoms with Crippen LogP contribution in [0.25, 0.3) is 0 Å². The first-order valence-corrected chi connectivity index (χ1v) is 6.24. The van der Waals surface area contributed by atoms with Crippen LogP contribution in [-0.2, 0) is 14.3 Å². The Balaban J connectivity index is 1.93. The van der Waals surface area contributed by atoms with E-state index in [2.05, 4.69) is 10.8 Å². The topological polar surface area (TPSA) is 46.6 Å². The zero-order valence-corrected chi connectivity index (χ0v) is 10.3. The Hall–Kier alpha value is -1.32. The first-order chi connectivity index (χ1) is 8.20. The van der Waals surface area contributed by atoms with E-state index in [1.54, 1.807) is 4.90 Å². The molecule has 0 saturated carbocycles. The molecule has 2 aliphatic rings. The Kier molecular flexibility index (Phi) is 3.82. The minimum absolute atomic E-state index is 0.109. The molecule has 1 aliphatic carbocycles. The number of carbonyl (C=O) groups excluding carboxylic acids is 2. The molecule has 4 nitrogen and oxygen atoms in total. The van der Waals surface area contributed by atoms with E-state index in [0.717, 1.165) is 19.4 Å². The molecule has 1 amide bonds. The number of hydrogen-bond donors (Lipinski definition) is 0. The quantitative estimate of drug-likeness (QED) is 0.415. The van der Waals surface area contributed by atoms with Gasteiger partial charge in [0.25, 0.3) is 0 Å². The highest BCUT2D eigenvalue weighted by molar-refractivity contribution is 5.94. The third kappa shape index (κ3) is 2.87. The molecule has 0 N–H and O–H groups in total. The van der Waals surface area contributed by atoms with E-state index in [9.17, 15) is 9.59 Å². The van der Waals surface area contributed by atoms with Gasteiger partial charge in [0, 0.05) is 13.1 Å². The van der Waals surface area contributed by atoms with Gasteiger partial charge >= 0.3 is 5.97 Å². The standard InChI is InChI=1S/C13H19NO3/c1-17-13(16)8-12(15)14-7-6-10-4-2-3-5-11(10)9-14/h5,10H,2-4,6-9H2,1H3. The number of fused-ring (bicyclic) bond motifs is 1. The van der Waals surface area contributed by atoms with Crippen LogP contribution >= 0.6 is 0 Å². The van der Waals surface area contributed by atoms with Crippen molar-refractivity contribution in [3.05, 3.63) is 11.6 Å². The number of ether oxygens (including phenoxy) is 1. The third-order valence-electron chi connectivity index (χ3n) is 3.68. The molecule has 0 bridgehead atoms. The van der Waals surface area contributed by atoms with Crippen LogP contribution in [0.3, 0.4) is 0 Å². The largest absolute Gasteiger partial charge is 0.469 e. The van der Waals surface area contributed by atoms with E-state index in [4.69, 9.17) is 0 Å². The van der Waals surface area contributed by atoms with Crippen LogP contribution < -0.4 is 0 Å². The highest BCUT2D eigenvalue weighted by atomic mass is 16.5. The Morgan fingerprint density at radius 2 is 2.29 bits per heavy atom. The second kappa shape index (κ2) is 5.34. The Morgan fingerprint density at radius 3 is 3.06 bits per heavy atom. The summed E-state index contributed by atoms with van der Waals surface area (Å²) in [7, 11) is 1.31. The molecule has 4 heteroatoms. The van der Waals surface area contributed by atoms with Crippen molar-refractivity contribution in [2.75, 3.05) is 20.2 Å². The van der Waals surface area contributed by atoms with Gasteiger partial charge in [0.15, 0.2) is 0 Å². The summed E-state index contributed by atoms with van der Waals surface area (Å²) < 4.78 is 4.52. The lowest BCUT2D eigenvalue weighted by Crippen LogP contribution is -2.41. The van der Waals surface area contributed by atoms with Crippen LogP contribution in [0.5, 0.6) is 0 Å². The molecule has 0 radical (unpaired) electrons. The fraction of sp³-hybridized carbons (Fsp3) is 0.692. The Labute approximate surface area is 102 Å². The third-order valence-corrected chi connectivity index (χ3v) is 3.68. The lowest BCUT2D eigenvalue weighted by molar-refractivity contribution is -0.147. The second-order valence-corrected chi connectivity index (χ2v) is 4.76. The average Bonchev–Trinajstić information content (AvgIpc) is 2.38. The lowest BCUT2D eigenvalue weighted by Gasteiger charge is -2.36. The minimum Gasteiger partial charge on any atom is -0.469 e. The molecule has 94 valence electrons. The van der Waals surface area contributed by atoms with Crippen LogP contribution in [0.15, 0.2) is 11.6 Å². The van der Waals surface area contributed by atoms with Crippen molar-refractivity contribution >= 4 is 11.9 Å². The number of likely N-dealkylation sites (tertiary alicyclic amines) is 1. The Morgan fingerprint density at radius 1 is 1.47 bits per heavy atom. The average molecular weight is 237 g/mol. The molecule has 1 atom stereocenters. The summed E-state index contributed by atoms with van der Waals surface area (Å²) in [6.07, 6.45) is 6.83. The monoisotopic (exact) mass is 237 g/mol. The van der Waals surface area contributed by atoms with Crippen molar-refractivity contribution in [1.82, 2.24) is 4.90 Å². The van der Waals surface area contributed by atoms with Gasteiger partial charge < -0.3 is 9.64 Å². The summed E-state index contributed by atoms with van der Waals surface area (Å²) in [4.78, 5) is 24.7. The lowest BCUT2D eigenvalue weighted by atomic mass is 9.82. The SMILES string of the molecule is COC(=O)CC(=O)N1CCC2CCCC=C2C1. The van der Waals surface area contributed by atoms with Crippen molar-refractivity contribution in [3.63, 3.8) is 0 Å². The van der Waals surface area contributed by atoms with Crippen molar-refractivity contribution in [2.24, 2.45) is 5.92 Å². The summed E-state index contributed by atoms with van der Waals surface area (Å²) in [6.45, 7) is 1.48. The fourth-order valence-corrected chi connectivity index (χ4v) is 2.66. The maximum Gasteiger partial charge on any atom is 0.315 e. The van der Waals surface area contributed by atoms with Crippen molar-refractivity contribution in [1.29, 1.82) is 0 Å². The van der Waals surface area contributed by atoms with Gasteiger partial charge in [-0.1, -0.05) is 11.6 Å². The van der Waals surface area contributed by atoms with Gasteiger partial charge in [-0.3, -0.25) is 9.59 Å². The second-order valence-electron chi connectivity index (χ2n) is 4.76. The van der Waals surface area contributed by atoms with Crippen molar-refractivity contribution in [3.8, 4) is 0 Å². The molecule has 1 fully saturated rings. The molecule has 0 aromatic carbocycles. The van der Waals surface area contributed by atoms with Crippen LogP contribution in [-0.4, -0.2) is 37.0 Å². The highest BCUT2D eigenvalue weighted by Crippen LogP contribution is 2.31. The summed E-state index contributed by atoms with van der Waals surface area (Å²) in [6, 6.07) is 0. The predicted molar refractivity (Wildman–Crippen MR) is 63.3 cm³/mol. The molecule has 1 saturated heterocycles. The number of amides is 1. The van der Waals surface area contributed by atoms with Gasteiger partial charge in [-0.25, -0.2) is 0 Å². The minimum atomic E-state index is -0.449. The summed E-state index contributed by atoms with van der Waals surface area (Å²) in [5.74, 6) is 0.113. The number of nitrogens with zero attached hydrogens (tertiary/aromatic N) is 1. The normalized spacial score (nSPS) is 23.7.